The Labute approximate surface area is 198 Å². The predicted molar refractivity (Wildman–Crippen MR) is 133 cm³/mol. The summed E-state index contributed by atoms with van der Waals surface area (Å²) < 4.78 is 27.8. The van der Waals surface area contributed by atoms with E-state index in [1.807, 2.05) is 18.2 Å². The number of thioether (sulfide) groups is 1. The molecule has 0 saturated carbocycles. The summed E-state index contributed by atoms with van der Waals surface area (Å²) >= 11 is 7.94. The number of hydrogen-bond donors (Lipinski definition) is 1. The predicted octanol–water partition coefficient (Wildman–Crippen LogP) is 4.89. The standard InChI is InChI=1S/C24H25ClN2O3S2/c1-19-22(25)13-8-14-23(19)27(32(29,30)21-11-6-3-7-12-21)17-24(28)26-15-16-31-18-20-9-4-2-5-10-20/h2-14H,15-18H2,1H3,(H,26,28). The van der Waals surface area contributed by atoms with Crippen LogP contribution in [-0.2, 0) is 20.6 Å². The second kappa shape index (κ2) is 11.4. The molecule has 0 aliphatic rings. The van der Waals surface area contributed by atoms with Gasteiger partial charge in [-0.05, 0) is 42.3 Å². The van der Waals surface area contributed by atoms with Gasteiger partial charge in [-0.2, -0.15) is 11.8 Å². The van der Waals surface area contributed by atoms with Gasteiger partial charge in [0.1, 0.15) is 6.54 Å². The van der Waals surface area contributed by atoms with Crippen molar-refractivity contribution in [3.63, 3.8) is 0 Å². The number of halogens is 1. The molecule has 0 atom stereocenters. The lowest BCUT2D eigenvalue weighted by atomic mass is 10.2. The first-order valence-corrected chi connectivity index (χ1v) is 13.1. The van der Waals surface area contributed by atoms with E-state index in [4.69, 9.17) is 11.6 Å². The summed E-state index contributed by atoms with van der Waals surface area (Å²) in [7, 11) is -3.95. The Morgan fingerprint density at radius 3 is 2.31 bits per heavy atom. The van der Waals surface area contributed by atoms with Crippen molar-refractivity contribution in [3.05, 3.63) is 95.0 Å². The van der Waals surface area contributed by atoms with Gasteiger partial charge in [-0.25, -0.2) is 8.42 Å². The zero-order valence-electron chi connectivity index (χ0n) is 17.7. The number of nitrogens with zero attached hydrogens (tertiary/aromatic N) is 1. The van der Waals surface area contributed by atoms with Crippen molar-refractivity contribution in [2.45, 2.75) is 17.6 Å². The van der Waals surface area contributed by atoms with E-state index in [2.05, 4.69) is 17.4 Å². The van der Waals surface area contributed by atoms with E-state index in [9.17, 15) is 13.2 Å². The molecule has 0 aromatic heterocycles. The molecule has 0 unspecified atom stereocenters. The van der Waals surface area contributed by atoms with Crippen LogP contribution < -0.4 is 9.62 Å². The molecule has 0 bridgehead atoms. The fourth-order valence-corrected chi connectivity index (χ4v) is 5.59. The van der Waals surface area contributed by atoms with Gasteiger partial charge in [0.2, 0.25) is 5.91 Å². The molecule has 1 N–H and O–H groups in total. The Kier molecular flexibility index (Phi) is 8.61. The van der Waals surface area contributed by atoms with Crippen LogP contribution in [0.3, 0.4) is 0 Å². The van der Waals surface area contributed by atoms with E-state index in [1.165, 1.54) is 17.7 Å². The van der Waals surface area contributed by atoms with Gasteiger partial charge in [0, 0.05) is 23.1 Å². The van der Waals surface area contributed by atoms with Crippen LogP contribution in [-0.4, -0.2) is 33.2 Å². The number of hydrogen-bond acceptors (Lipinski definition) is 4. The third kappa shape index (κ3) is 6.28. The first-order chi connectivity index (χ1) is 15.4. The second-order valence-corrected chi connectivity index (χ2v) is 10.5. The van der Waals surface area contributed by atoms with Gasteiger partial charge in [0.25, 0.3) is 10.0 Å². The van der Waals surface area contributed by atoms with Crippen molar-refractivity contribution in [3.8, 4) is 0 Å². The Morgan fingerprint density at radius 1 is 0.969 bits per heavy atom. The first kappa shape index (κ1) is 24.2. The van der Waals surface area contributed by atoms with Crippen molar-refractivity contribution in [2.75, 3.05) is 23.1 Å². The number of benzene rings is 3. The van der Waals surface area contributed by atoms with Crippen LogP contribution in [0, 0.1) is 6.92 Å². The molecule has 168 valence electrons. The summed E-state index contributed by atoms with van der Waals surface area (Å²) in [6.07, 6.45) is 0. The lowest BCUT2D eigenvalue weighted by Crippen LogP contribution is -2.41. The Bertz CT molecular complexity index is 1140. The fraction of sp³-hybridized carbons (Fsp3) is 0.208. The normalized spacial score (nSPS) is 11.2. The first-order valence-electron chi connectivity index (χ1n) is 10.1. The van der Waals surface area contributed by atoms with Crippen LogP contribution >= 0.6 is 23.4 Å². The lowest BCUT2D eigenvalue weighted by molar-refractivity contribution is -0.119. The summed E-state index contributed by atoms with van der Waals surface area (Å²) in [5.74, 6) is 1.21. The molecule has 0 aliphatic heterocycles. The SMILES string of the molecule is Cc1c(Cl)cccc1N(CC(=O)NCCSCc1ccccc1)S(=O)(=O)c1ccccc1. The highest BCUT2D eigenvalue weighted by atomic mass is 35.5. The Morgan fingerprint density at radius 2 is 1.62 bits per heavy atom. The topological polar surface area (TPSA) is 66.5 Å². The highest BCUT2D eigenvalue weighted by molar-refractivity contribution is 7.98. The average Bonchev–Trinajstić information content (AvgIpc) is 2.80. The van der Waals surface area contributed by atoms with Crippen LogP contribution in [0.2, 0.25) is 5.02 Å². The molecule has 3 aromatic carbocycles. The number of rotatable bonds is 10. The number of sulfonamides is 1. The van der Waals surface area contributed by atoms with Gasteiger partial charge in [-0.3, -0.25) is 9.10 Å². The Balaban J connectivity index is 1.69. The number of anilines is 1. The molecule has 0 spiro atoms. The number of carbonyl (C=O) groups excluding carboxylic acids is 1. The second-order valence-electron chi connectivity index (χ2n) is 7.10. The summed E-state index contributed by atoms with van der Waals surface area (Å²) in [5.41, 5.74) is 2.20. The van der Waals surface area contributed by atoms with Gasteiger partial charge >= 0.3 is 0 Å². The van der Waals surface area contributed by atoms with Crippen LogP contribution in [0.5, 0.6) is 0 Å². The molecule has 0 saturated heterocycles. The molecule has 3 rings (SSSR count). The van der Waals surface area contributed by atoms with E-state index in [0.717, 1.165) is 15.8 Å². The average molecular weight is 489 g/mol. The van der Waals surface area contributed by atoms with Gasteiger partial charge < -0.3 is 5.32 Å². The third-order valence-corrected chi connectivity index (χ3v) is 8.02. The number of amides is 1. The van der Waals surface area contributed by atoms with E-state index < -0.39 is 10.0 Å². The molecule has 1 amide bonds. The molecular formula is C24H25ClN2O3S2. The number of nitrogens with one attached hydrogen (secondary N) is 1. The molecule has 0 radical (unpaired) electrons. The maximum absolute atomic E-state index is 13.4. The van der Waals surface area contributed by atoms with Crippen LogP contribution in [0.15, 0.2) is 83.8 Å². The van der Waals surface area contributed by atoms with E-state index in [-0.39, 0.29) is 17.3 Å². The summed E-state index contributed by atoms with van der Waals surface area (Å²) in [6.45, 7) is 1.86. The van der Waals surface area contributed by atoms with Crippen LogP contribution in [0.4, 0.5) is 5.69 Å². The van der Waals surface area contributed by atoms with Crippen molar-refractivity contribution < 1.29 is 13.2 Å². The molecule has 32 heavy (non-hydrogen) atoms. The minimum atomic E-state index is -3.95. The van der Waals surface area contributed by atoms with Gasteiger partial charge in [-0.15, -0.1) is 0 Å². The zero-order chi connectivity index (χ0) is 23.0. The van der Waals surface area contributed by atoms with Crippen LogP contribution in [0.1, 0.15) is 11.1 Å². The summed E-state index contributed by atoms with van der Waals surface area (Å²) in [6, 6.07) is 23.2. The summed E-state index contributed by atoms with van der Waals surface area (Å²) in [5, 5.41) is 3.27. The van der Waals surface area contributed by atoms with Crippen molar-refractivity contribution in [1.29, 1.82) is 0 Å². The summed E-state index contributed by atoms with van der Waals surface area (Å²) in [4.78, 5) is 12.8. The highest BCUT2D eigenvalue weighted by Crippen LogP contribution is 2.30. The molecule has 0 fully saturated rings. The van der Waals surface area contributed by atoms with Gasteiger partial charge in [0.05, 0.1) is 10.6 Å². The Hall–Kier alpha value is -2.48. The molecule has 0 aliphatic carbocycles. The van der Waals surface area contributed by atoms with Crippen molar-refractivity contribution in [1.82, 2.24) is 5.32 Å². The maximum Gasteiger partial charge on any atom is 0.264 e. The number of carbonyl (C=O) groups is 1. The van der Waals surface area contributed by atoms with Crippen molar-refractivity contribution >= 4 is 45.0 Å². The zero-order valence-corrected chi connectivity index (χ0v) is 20.1. The lowest BCUT2D eigenvalue weighted by Gasteiger charge is -2.26. The maximum atomic E-state index is 13.4. The van der Waals surface area contributed by atoms with E-state index in [1.54, 1.807) is 55.1 Å². The minimum Gasteiger partial charge on any atom is -0.354 e. The third-order valence-electron chi connectivity index (χ3n) is 4.81. The van der Waals surface area contributed by atoms with Crippen molar-refractivity contribution in [2.24, 2.45) is 0 Å². The highest BCUT2D eigenvalue weighted by Gasteiger charge is 2.28. The van der Waals surface area contributed by atoms with Gasteiger partial charge in [0.15, 0.2) is 0 Å². The molecular weight excluding hydrogens is 464 g/mol. The smallest absolute Gasteiger partial charge is 0.264 e. The van der Waals surface area contributed by atoms with E-state index in [0.29, 0.717) is 22.8 Å². The van der Waals surface area contributed by atoms with E-state index >= 15 is 0 Å². The van der Waals surface area contributed by atoms with Crippen LogP contribution in [0.25, 0.3) is 0 Å². The quantitative estimate of drug-likeness (QED) is 0.412. The fourth-order valence-electron chi connectivity index (χ4n) is 3.10. The largest absolute Gasteiger partial charge is 0.354 e. The monoisotopic (exact) mass is 488 g/mol. The molecule has 3 aromatic rings. The molecule has 5 nitrogen and oxygen atoms in total. The molecule has 0 heterocycles. The minimum absolute atomic E-state index is 0.116. The molecule has 8 heteroatoms. The van der Waals surface area contributed by atoms with Gasteiger partial charge in [-0.1, -0.05) is 66.2 Å².